The van der Waals surface area contributed by atoms with Crippen LogP contribution in [0.5, 0.6) is 17.2 Å². The molecule has 26 heteroatoms. The number of benzene rings is 4. The highest BCUT2D eigenvalue weighted by Crippen LogP contribution is 2.40. The molecule has 0 spiro atoms. The van der Waals surface area contributed by atoms with Gasteiger partial charge in [-0.1, -0.05) is 58.5 Å². The van der Waals surface area contributed by atoms with Gasteiger partial charge in [-0.25, -0.2) is 0 Å². The molecule has 0 aliphatic rings. The lowest BCUT2D eigenvalue weighted by molar-refractivity contribution is -0.0586. The molecule has 4 aromatic rings. The molecule has 0 heterocycles. The molecule has 50 heavy (non-hydrogen) atoms. The zero-order valence-corrected chi connectivity index (χ0v) is 28.9. The maximum absolute atomic E-state index is 12.3. The molecule has 0 aromatic heterocycles. The molecule has 0 saturated carbocycles. The van der Waals surface area contributed by atoms with Crippen molar-refractivity contribution in [2.24, 2.45) is 0 Å². The number of halogens is 13. The predicted molar refractivity (Wildman–Crippen MR) is 163 cm³/mol. The molecule has 0 fully saturated rings. The van der Waals surface area contributed by atoms with Crippen molar-refractivity contribution >= 4 is 98.3 Å². The van der Waals surface area contributed by atoms with Gasteiger partial charge in [0, 0.05) is 21.5 Å². The fourth-order valence-electron chi connectivity index (χ4n) is 3.16. The van der Waals surface area contributed by atoms with Crippen LogP contribution in [-0.4, -0.2) is 52.0 Å². The zero-order chi connectivity index (χ0) is 39.0. The van der Waals surface area contributed by atoms with Crippen LogP contribution >= 0.6 is 46.4 Å². The summed E-state index contributed by atoms with van der Waals surface area (Å²) in [6.07, 6.45) is 0. The highest BCUT2D eigenvalue weighted by atomic mass is 35.5. The summed E-state index contributed by atoms with van der Waals surface area (Å²) >= 11 is 23.7. The van der Waals surface area contributed by atoms with Crippen molar-refractivity contribution in [3.63, 3.8) is 0 Å². The minimum Gasteiger partial charge on any atom is -0.506 e. The minimum absolute atomic E-state index is 0.000855. The molecule has 4 aromatic carbocycles. The molecule has 10 nitrogen and oxygen atoms in total. The second-order valence-corrected chi connectivity index (χ2v) is 15.2. The standard InChI is InChI=1S/C12H7Cl2F3O3S.C10H6Cl2O2.C2F6O5S2/c1-6-2-3-8-7(10(6)13)4-5-9(11(8)14)20-21(18,19)12(15,16)17;11-9-5-1-3-7(13)10(12)6(5)2-4-8(9)14;3-1(4,5)14(9,10)13-15(11,12)2(6,7)8/h2-5H,1H3;1-4,13-14H;. The fourth-order valence-corrected chi connectivity index (χ4v) is 6.18. The van der Waals surface area contributed by atoms with Crippen LogP contribution in [0.2, 0.25) is 20.1 Å². The van der Waals surface area contributed by atoms with Gasteiger partial charge in [0.15, 0.2) is 5.75 Å². The first-order valence-electron chi connectivity index (χ1n) is 11.9. The molecule has 278 valence electrons. The first-order chi connectivity index (χ1) is 22.4. The first kappa shape index (κ1) is 43.3. The van der Waals surface area contributed by atoms with Gasteiger partial charge in [0.1, 0.15) is 11.5 Å². The summed E-state index contributed by atoms with van der Waals surface area (Å²) in [6, 6.07) is 11.6. The van der Waals surface area contributed by atoms with Crippen LogP contribution in [0.3, 0.4) is 0 Å². The van der Waals surface area contributed by atoms with Crippen molar-refractivity contribution in [3.05, 3.63) is 74.2 Å². The molecule has 2 N–H and O–H groups in total. The normalized spacial score (nSPS) is 12.9. The van der Waals surface area contributed by atoms with Gasteiger partial charge >= 0.3 is 46.9 Å². The molecule has 4 rings (SSSR count). The number of hydrogen-bond acceptors (Lipinski definition) is 10. The molecule has 0 unspecified atom stereocenters. The third kappa shape index (κ3) is 9.72. The summed E-state index contributed by atoms with van der Waals surface area (Å²) in [4.78, 5) is 0. The molecule has 0 aliphatic carbocycles. The molecular formula is C24H13Cl4F9O10S3. The maximum atomic E-state index is 12.3. The zero-order valence-electron chi connectivity index (χ0n) is 23.4. The topological polar surface area (TPSA) is 161 Å². The Kier molecular flexibility index (Phi) is 13.0. The van der Waals surface area contributed by atoms with E-state index >= 15 is 0 Å². The summed E-state index contributed by atoms with van der Waals surface area (Å²) in [5.41, 5.74) is -17.3. The van der Waals surface area contributed by atoms with Crippen molar-refractivity contribution in [2.75, 3.05) is 0 Å². The number of alkyl halides is 9. The molecule has 0 saturated heterocycles. The lowest BCUT2D eigenvalue weighted by Crippen LogP contribution is -2.34. The van der Waals surface area contributed by atoms with Gasteiger partial charge in [-0.15, -0.1) is 3.63 Å². The monoisotopic (exact) mass is 868 g/mol. The van der Waals surface area contributed by atoms with Gasteiger partial charge in [0.25, 0.3) is 0 Å². The Morgan fingerprint density at radius 2 is 0.820 bits per heavy atom. The third-order valence-corrected chi connectivity index (χ3v) is 10.7. The number of phenolic OH excluding ortho intramolecular Hbond substituents is 2. The Hall–Kier alpha value is -2.86. The molecule has 0 aliphatic heterocycles. The average Bonchev–Trinajstić information content (AvgIpc) is 2.94. The lowest BCUT2D eigenvalue weighted by atomic mass is 10.1. The third-order valence-electron chi connectivity index (χ3n) is 5.48. The highest BCUT2D eigenvalue weighted by Gasteiger charge is 2.57. The molecule has 0 bridgehead atoms. The smallest absolute Gasteiger partial charge is 0.506 e. The van der Waals surface area contributed by atoms with Gasteiger partial charge in [0.2, 0.25) is 0 Å². The van der Waals surface area contributed by atoms with E-state index in [0.717, 1.165) is 11.6 Å². The number of aryl methyl sites for hydroxylation is 1. The predicted octanol–water partition coefficient (Wildman–Crippen LogP) is 8.94. The molecule has 0 radical (unpaired) electrons. The van der Waals surface area contributed by atoms with Crippen molar-refractivity contribution in [1.29, 1.82) is 0 Å². The van der Waals surface area contributed by atoms with E-state index in [4.69, 9.17) is 46.4 Å². The average molecular weight is 870 g/mol. The van der Waals surface area contributed by atoms with Gasteiger partial charge in [0.05, 0.1) is 20.1 Å². The van der Waals surface area contributed by atoms with Crippen LogP contribution in [0, 0.1) is 6.92 Å². The summed E-state index contributed by atoms with van der Waals surface area (Å²) in [7, 11) is -19.5. The van der Waals surface area contributed by atoms with Crippen molar-refractivity contribution < 1.29 is 82.8 Å². The molecule has 0 amide bonds. The summed E-state index contributed by atoms with van der Waals surface area (Å²) in [6.45, 7) is 1.74. The number of aromatic hydroxyl groups is 2. The fraction of sp³-hybridized carbons (Fsp3) is 0.167. The summed E-state index contributed by atoms with van der Waals surface area (Å²) in [5.74, 6) is -0.608. The van der Waals surface area contributed by atoms with Crippen molar-refractivity contribution in [2.45, 2.75) is 23.4 Å². The van der Waals surface area contributed by atoms with Crippen LogP contribution in [0.15, 0.2) is 48.5 Å². The van der Waals surface area contributed by atoms with Crippen LogP contribution < -0.4 is 4.18 Å². The SMILES string of the molecule is Cc1ccc2c(Cl)c(OS(=O)(=O)C(F)(F)F)ccc2c1Cl.O=S(=O)(OS(=O)(=O)C(F)(F)F)C(F)(F)F.Oc1ccc2c(Cl)c(O)ccc2c1Cl. The highest BCUT2D eigenvalue weighted by molar-refractivity contribution is 8.00. The summed E-state index contributed by atoms with van der Waals surface area (Å²) < 4.78 is 173. The van der Waals surface area contributed by atoms with Crippen LogP contribution in [-0.2, 0) is 34.0 Å². The van der Waals surface area contributed by atoms with Crippen LogP contribution in [0.4, 0.5) is 39.5 Å². The number of phenols is 2. The van der Waals surface area contributed by atoms with E-state index in [0.29, 0.717) is 26.6 Å². The first-order valence-corrected chi connectivity index (χ1v) is 17.6. The van der Waals surface area contributed by atoms with E-state index in [1.54, 1.807) is 25.1 Å². The Morgan fingerprint density at radius 1 is 0.500 bits per heavy atom. The van der Waals surface area contributed by atoms with E-state index in [-0.39, 0.29) is 26.6 Å². The van der Waals surface area contributed by atoms with E-state index in [9.17, 15) is 75.0 Å². The molecular weight excluding hydrogens is 857 g/mol. The largest absolute Gasteiger partial charge is 0.534 e. The van der Waals surface area contributed by atoms with E-state index in [1.807, 2.05) is 3.63 Å². The minimum atomic E-state index is -6.85. The molecule has 0 atom stereocenters. The quantitative estimate of drug-likeness (QED) is 0.115. The lowest BCUT2D eigenvalue weighted by Gasteiger charge is -2.12. The van der Waals surface area contributed by atoms with Gasteiger partial charge < -0.3 is 14.4 Å². The number of hydrogen-bond donors (Lipinski definition) is 2. The number of rotatable bonds is 4. The van der Waals surface area contributed by atoms with Crippen molar-refractivity contribution in [1.82, 2.24) is 0 Å². The summed E-state index contributed by atoms with van der Waals surface area (Å²) in [5, 5.41) is 21.3. The maximum Gasteiger partial charge on any atom is 0.534 e. The van der Waals surface area contributed by atoms with E-state index in [1.165, 1.54) is 24.3 Å². The number of fused-ring (bicyclic) bond motifs is 2. The Balaban J connectivity index is 0.000000268. The van der Waals surface area contributed by atoms with E-state index < -0.39 is 52.6 Å². The van der Waals surface area contributed by atoms with Crippen molar-refractivity contribution in [3.8, 4) is 17.2 Å². The van der Waals surface area contributed by atoms with Gasteiger partial charge in [-0.2, -0.15) is 64.8 Å². The Morgan fingerprint density at radius 3 is 1.20 bits per heavy atom. The second-order valence-electron chi connectivity index (χ2n) is 8.91. The van der Waals surface area contributed by atoms with Crippen LogP contribution in [0.1, 0.15) is 5.56 Å². The van der Waals surface area contributed by atoms with Gasteiger partial charge in [-0.3, -0.25) is 0 Å². The Labute approximate surface area is 294 Å². The second kappa shape index (κ2) is 15.0. The van der Waals surface area contributed by atoms with E-state index in [2.05, 4.69) is 4.18 Å². The Bertz CT molecular complexity index is 2170. The van der Waals surface area contributed by atoms with Gasteiger partial charge in [-0.05, 0) is 48.9 Å². The van der Waals surface area contributed by atoms with Crippen LogP contribution in [0.25, 0.3) is 21.5 Å².